The highest BCUT2D eigenvalue weighted by Gasteiger charge is 2.40. The second-order valence-electron chi connectivity index (χ2n) is 5.64. The lowest BCUT2D eigenvalue weighted by molar-refractivity contribution is -0.143. The molecule has 8 nitrogen and oxygen atoms in total. The van der Waals surface area contributed by atoms with Crippen molar-refractivity contribution in [2.75, 3.05) is 13.1 Å². The maximum atomic E-state index is 12.4. The second kappa shape index (κ2) is 6.14. The summed E-state index contributed by atoms with van der Waals surface area (Å²) < 4.78 is 0. The monoisotopic (exact) mass is 350 g/mol. The molecule has 2 atom stereocenters. The first kappa shape index (κ1) is 16.3. The summed E-state index contributed by atoms with van der Waals surface area (Å²) in [7, 11) is 0. The van der Waals surface area contributed by atoms with Gasteiger partial charge in [-0.25, -0.2) is 0 Å². The number of nitrogens with two attached hydrogens (primary N) is 1. The Bertz CT molecular complexity index is 834. The second-order valence-corrected chi connectivity index (χ2v) is 6.08. The number of hydrogen-bond donors (Lipinski definition) is 4. The fraction of sp³-hybridized carbons (Fsp3) is 0.267. The van der Waals surface area contributed by atoms with Crippen molar-refractivity contribution in [2.24, 2.45) is 5.73 Å². The first-order valence-electron chi connectivity index (χ1n) is 7.20. The smallest absolute Gasteiger partial charge is 0.323 e. The topological polar surface area (TPSA) is 129 Å². The molecule has 24 heavy (non-hydrogen) atoms. The van der Waals surface area contributed by atoms with Crippen LogP contribution < -0.4 is 11.1 Å². The first-order valence-corrected chi connectivity index (χ1v) is 7.58. The fourth-order valence-corrected chi connectivity index (χ4v) is 2.93. The number of aromatic amines is 1. The van der Waals surface area contributed by atoms with Gasteiger partial charge in [0.05, 0.1) is 6.04 Å². The van der Waals surface area contributed by atoms with Gasteiger partial charge in [-0.15, -0.1) is 0 Å². The van der Waals surface area contributed by atoms with Gasteiger partial charge in [-0.05, 0) is 24.3 Å². The molecule has 0 aliphatic carbocycles. The molecule has 1 fully saturated rings. The summed E-state index contributed by atoms with van der Waals surface area (Å²) in [6.45, 7) is -0.359. The minimum absolute atomic E-state index is 0.0817. The van der Waals surface area contributed by atoms with E-state index in [1.807, 2.05) is 0 Å². The lowest BCUT2D eigenvalue weighted by Gasteiger charge is -2.14. The highest BCUT2D eigenvalue weighted by Crippen LogP contribution is 2.20. The molecule has 2 heterocycles. The van der Waals surface area contributed by atoms with Crippen LogP contribution in [0.1, 0.15) is 10.5 Å². The van der Waals surface area contributed by atoms with Crippen molar-refractivity contribution < 1.29 is 19.5 Å². The van der Waals surface area contributed by atoms with Gasteiger partial charge in [-0.1, -0.05) is 11.6 Å². The van der Waals surface area contributed by atoms with E-state index >= 15 is 0 Å². The minimum Gasteiger partial charge on any atom is -0.480 e. The summed E-state index contributed by atoms with van der Waals surface area (Å²) in [4.78, 5) is 39.3. The number of halogens is 1. The van der Waals surface area contributed by atoms with Crippen molar-refractivity contribution in [3.63, 3.8) is 0 Å². The molecule has 0 radical (unpaired) electrons. The lowest BCUT2D eigenvalue weighted by atomic mass is 10.1. The van der Waals surface area contributed by atoms with Crippen LogP contribution in [0, 0.1) is 0 Å². The number of aromatic nitrogens is 1. The van der Waals surface area contributed by atoms with Gasteiger partial charge in [0, 0.05) is 22.5 Å². The molecule has 1 aromatic carbocycles. The molecular weight excluding hydrogens is 336 g/mol. The quantitative estimate of drug-likeness (QED) is 0.625. The molecular formula is C15H15ClN4O4. The average molecular weight is 351 g/mol. The zero-order valence-corrected chi connectivity index (χ0v) is 13.2. The molecule has 2 amide bonds. The predicted molar refractivity (Wildman–Crippen MR) is 86.8 cm³/mol. The van der Waals surface area contributed by atoms with Gasteiger partial charge in [0.15, 0.2) is 0 Å². The molecule has 1 saturated heterocycles. The summed E-state index contributed by atoms with van der Waals surface area (Å²) in [6.07, 6.45) is 0. The van der Waals surface area contributed by atoms with Gasteiger partial charge in [-0.3, -0.25) is 14.4 Å². The molecule has 1 aromatic heterocycles. The van der Waals surface area contributed by atoms with Crippen LogP contribution in [0.15, 0.2) is 24.3 Å². The number of carbonyl (C=O) groups is 3. The molecule has 3 rings (SSSR count). The van der Waals surface area contributed by atoms with Gasteiger partial charge in [0.1, 0.15) is 18.3 Å². The molecule has 0 bridgehead atoms. The number of fused-ring (bicyclic) bond motifs is 1. The van der Waals surface area contributed by atoms with Crippen molar-refractivity contribution in [1.29, 1.82) is 0 Å². The van der Waals surface area contributed by atoms with Crippen LogP contribution >= 0.6 is 11.6 Å². The standard InChI is InChI=1S/C15H15ClN4O4/c16-8-1-2-10-7(3-8)4-11(18-10)14(23)19-13-9(17)5-20(15(13)24)6-12(21)22/h1-4,9,13,18H,5-6,17H2,(H,19,23)(H,21,22)/t9-,13?/m1/s1. The molecule has 1 aliphatic rings. The number of nitrogens with zero attached hydrogens (tertiary/aromatic N) is 1. The largest absolute Gasteiger partial charge is 0.480 e. The number of rotatable bonds is 4. The van der Waals surface area contributed by atoms with E-state index in [4.69, 9.17) is 22.4 Å². The lowest BCUT2D eigenvalue weighted by Crippen LogP contribution is -2.49. The molecule has 9 heteroatoms. The van der Waals surface area contributed by atoms with Crippen LogP contribution in [-0.4, -0.2) is 57.9 Å². The Labute approximate surface area is 141 Å². The molecule has 0 spiro atoms. The van der Waals surface area contributed by atoms with Crippen molar-refractivity contribution in [3.05, 3.63) is 35.0 Å². The number of carbonyl (C=O) groups excluding carboxylic acids is 2. The van der Waals surface area contributed by atoms with Crippen LogP contribution in [0.25, 0.3) is 10.9 Å². The highest BCUT2D eigenvalue weighted by atomic mass is 35.5. The molecule has 0 saturated carbocycles. The molecule has 126 valence electrons. The SMILES string of the molecule is N[C@@H]1CN(CC(=O)O)C(=O)C1NC(=O)c1cc2cc(Cl)ccc2[nH]1. The van der Waals surface area contributed by atoms with Crippen molar-refractivity contribution in [1.82, 2.24) is 15.2 Å². The number of H-pyrrole nitrogens is 1. The minimum atomic E-state index is -1.13. The third-order valence-electron chi connectivity index (χ3n) is 3.88. The average Bonchev–Trinajstić information content (AvgIpc) is 3.03. The van der Waals surface area contributed by atoms with Gasteiger partial charge >= 0.3 is 5.97 Å². The third-order valence-corrected chi connectivity index (χ3v) is 4.11. The zero-order valence-electron chi connectivity index (χ0n) is 12.5. The Balaban J connectivity index is 1.75. The summed E-state index contributed by atoms with van der Waals surface area (Å²) in [5, 5.41) is 12.7. The van der Waals surface area contributed by atoms with E-state index in [9.17, 15) is 14.4 Å². The summed E-state index contributed by atoms with van der Waals surface area (Å²) in [6, 6.07) is 5.16. The van der Waals surface area contributed by atoms with Gasteiger partial charge in [0.2, 0.25) is 5.91 Å². The number of carboxylic acid groups (broad SMARTS) is 1. The molecule has 2 aromatic rings. The van der Waals surface area contributed by atoms with Crippen LogP contribution in [-0.2, 0) is 9.59 Å². The van der Waals surface area contributed by atoms with Crippen LogP contribution in [0.4, 0.5) is 0 Å². The van der Waals surface area contributed by atoms with Crippen LogP contribution in [0.5, 0.6) is 0 Å². The maximum absolute atomic E-state index is 12.4. The number of likely N-dealkylation sites (tertiary alicyclic amines) is 1. The van der Waals surface area contributed by atoms with E-state index in [1.54, 1.807) is 24.3 Å². The molecule has 1 unspecified atom stereocenters. The maximum Gasteiger partial charge on any atom is 0.323 e. The summed E-state index contributed by atoms with van der Waals surface area (Å²) in [5.74, 6) is -2.12. The van der Waals surface area contributed by atoms with Crippen molar-refractivity contribution >= 4 is 40.3 Å². The van der Waals surface area contributed by atoms with Crippen molar-refractivity contribution in [2.45, 2.75) is 12.1 Å². The third kappa shape index (κ3) is 3.06. The summed E-state index contributed by atoms with van der Waals surface area (Å²) in [5.41, 5.74) is 6.86. The Morgan fingerprint density at radius 1 is 1.42 bits per heavy atom. The fourth-order valence-electron chi connectivity index (χ4n) is 2.75. The number of hydrogen-bond acceptors (Lipinski definition) is 4. The number of benzene rings is 1. The van der Waals surface area contributed by atoms with Gasteiger partial charge in [-0.2, -0.15) is 0 Å². The first-order chi connectivity index (χ1) is 11.3. The Hall–Kier alpha value is -2.58. The molecule has 1 aliphatic heterocycles. The van der Waals surface area contributed by atoms with E-state index in [1.165, 1.54) is 0 Å². The zero-order chi connectivity index (χ0) is 17.4. The van der Waals surface area contributed by atoms with E-state index in [2.05, 4.69) is 10.3 Å². The Morgan fingerprint density at radius 3 is 2.88 bits per heavy atom. The number of amides is 2. The highest BCUT2D eigenvalue weighted by molar-refractivity contribution is 6.31. The van der Waals surface area contributed by atoms with Crippen LogP contribution in [0.2, 0.25) is 5.02 Å². The summed E-state index contributed by atoms with van der Waals surface area (Å²) >= 11 is 5.91. The van der Waals surface area contributed by atoms with Gasteiger partial charge in [0.25, 0.3) is 5.91 Å². The normalized spacial score (nSPS) is 20.6. The Kier molecular flexibility index (Phi) is 4.16. The predicted octanol–water partition coefficient (Wildman–Crippen LogP) is 0.174. The number of aliphatic carboxylic acids is 1. The van der Waals surface area contributed by atoms with Crippen LogP contribution in [0.3, 0.4) is 0 Å². The number of nitrogens with one attached hydrogen (secondary N) is 2. The molecule has 5 N–H and O–H groups in total. The van der Waals surface area contributed by atoms with E-state index in [0.717, 1.165) is 15.8 Å². The number of carboxylic acids is 1. The van der Waals surface area contributed by atoms with E-state index < -0.39 is 36.4 Å². The van der Waals surface area contributed by atoms with E-state index in [0.29, 0.717) is 5.02 Å². The Morgan fingerprint density at radius 2 is 2.17 bits per heavy atom. The van der Waals surface area contributed by atoms with Crippen molar-refractivity contribution in [3.8, 4) is 0 Å². The van der Waals surface area contributed by atoms with E-state index in [-0.39, 0.29) is 12.2 Å². The van der Waals surface area contributed by atoms with Gasteiger partial charge < -0.3 is 26.0 Å².